The zero-order valence-electron chi connectivity index (χ0n) is 11.1. The standard InChI is InChI=1S/C14H21N3/c1-5-16(4)9-12-6-7-14-13(11(2)3)8-15-17(14)10-12/h6-8,10-11H,5,9H2,1-4H3. The van der Waals surface area contributed by atoms with Crippen LogP contribution in [-0.4, -0.2) is 28.1 Å². The molecule has 3 nitrogen and oxygen atoms in total. The van der Waals surface area contributed by atoms with Gasteiger partial charge in [0.1, 0.15) is 0 Å². The van der Waals surface area contributed by atoms with Gasteiger partial charge in [-0.3, -0.25) is 0 Å². The summed E-state index contributed by atoms with van der Waals surface area (Å²) in [5, 5.41) is 4.43. The van der Waals surface area contributed by atoms with Crippen LogP contribution in [0.4, 0.5) is 0 Å². The minimum atomic E-state index is 0.525. The normalized spacial score (nSPS) is 11.9. The molecule has 2 aromatic heterocycles. The summed E-state index contributed by atoms with van der Waals surface area (Å²) in [7, 11) is 2.13. The lowest BCUT2D eigenvalue weighted by Gasteiger charge is -2.13. The van der Waals surface area contributed by atoms with Crippen LogP contribution in [-0.2, 0) is 6.54 Å². The van der Waals surface area contributed by atoms with Crippen LogP contribution in [0, 0.1) is 0 Å². The van der Waals surface area contributed by atoms with Gasteiger partial charge >= 0.3 is 0 Å². The van der Waals surface area contributed by atoms with E-state index in [0.717, 1.165) is 13.1 Å². The fraction of sp³-hybridized carbons (Fsp3) is 0.500. The molecule has 0 aromatic carbocycles. The van der Waals surface area contributed by atoms with E-state index >= 15 is 0 Å². The quantitative estimate of drug-likeness (QED) is 0.806. The number of pyridine rings is 1. The first kappa shape index (κ1) is 12.1. The van der Waals surface area contributed by atoms with Crippen LogP contribution in [0.3, 0.4) is 0 Å². The number of fused-ring (bicyclic) bond motifs is 1. The van der Waals surface area contributed by atoms with Gasteiger partial charge in [-0.05, 0) is 31.1 Å². The van der Waals surface area contributed by atoms with E-state index in [0.29, 0.717) is 5.92 Å². The molecular weight excluding hydrogens is 210 g/mol. The molecule has 0 N–H and O–H groups in total. The van der Waals surface area contributed by atoms with Crippen LogP contribution in [0.5, 0.6) is 0 Å². The van der Waals surface area contributed by atoms with Crippen molar-refractivity contribution in [2.24, 2.45) is 0 Å². The summed E-state index contributed by atoms with van der Waals surface area (Å²) >= 11 is 0. The SMILES string of the molecule is CCN(C)Cc1ccc2c(C(C)C)cnn2c1. The molecule has 0 bridgehead atoms. The number of hydrogen-bond acceptors (Lipinski definition) is 2. The Balaban J connectivity index is 2.33. The highest BCUT2D eigenvalue weighted by molar-refractivity contribution is 5.55. The van der Waals surface area contributed by atoms with Crippen LogP contribution in [0.25, 0.3) is 5.52 Å². The number of rotatable bonds is 4. The smallest absolute Gasteiger partial charge is 0.0696 e. The van der Waals surface area contributed by atoms with Gasteiger partial charge in [0.25, 0.3) is 0 Å². The molecule has 0 aliphatic rings. The average molecular weight is 231 g/mol. The maximum atomic E-state index is 4.43. The molecule has 2 heterocycles. The summed E-state index contributed by atoms with van der Waals surface area (Å²) in [6.45, 7) is 8.62. The Morgan fingerprint density at radius 1 is 1.35 bits per heavy atom. The molecule has 0 spiro atoms. The Labute approximate surface area is 103 Å². The molecule has 3 heteroatoms. The van der Waals surface area contributed by atoms with Gasteiger partial charge in [-0.1, -0.05) is 26.8 Å². The molecule has 0 fully saturated rings. The topological polar surface area (TPSA) is 20.5 Å². The van der Waals surface area contributed by atoms with E-state index in [-0.39, 0.29) is 0 Å². The average Bonchev–Trinajstić information content (AvgIpc) is 2.71. The summed E-state index contributed by atoms with van der Waals surface area (Å²) < 4.78 is 1.99. The van der Waals surface area contributed by atoms with Gasteiger partial charge in [0.05, 0.1) is 11.7 Å². The molecule has 17 heavy (non-hydrogen) atoms. The zero-order valence-corrected chi connectivity index (χ0v) is 11.1. The van der Waals surface area contributed by atoms with Crippen LogP contribution in [0.1, 0.15) is 37.8 Å². The third-order valence-electron chi connectivity index (χ3n) is 3.22. The predicted octanol–water partition coefficient (Wildman–Crippen LogP) is 2.91. The van der Waals surface area contributed by atoms with E-state index in [1.54, 1.807) is 0 Å². The molecule has 0 amide bonds. The summed E-state index contributed by atoms with van der Waals surface area (Å²) in [6, 6.07) is 4.39. The van der Waals surface area contributed by atoms with Crippen LogP contribution in [0.2, 0.25) is 0 Å². The van der Waals surface area contributed by atoms with E-state index in [2.05, 4.69) is 56.1 Å². The Kier molecular flexibility index (Phi) is 3.48. The van der Waals surface area contributed by atoms with Gasteiger partial charge in [0, 0.05) is 18.3 Å². The van der Waals surface area contributed by atoms with Gasteiger partial charge in [-0.15, -0.1) is 0 Å². The molecule has 2 rings (SSSR count). The van der Waals surface area contributed by atoms with Crippen molar-refractivity contribution >= 4 is 5.52 Å². The Morgan fingerprint density at radius 3 is 2.76 bits per heavy atom. The minimum Gasteiger partial charge on any atom is -0.302 e. The largest absolute Gasteiger partial charge is 0.302 e. The van der Waals surface area contributed by atoms with E-state index in [1.807, 2.05) is 10.7 Å². The highest BCUT2D eigenvalue weighted by Crippen LogP contribution is 2.20. The van der Waals surface area contributed by atoms with Crippen LogP contribution < -0.4 is 0 Å². The van der Waals surface area contributed by atoms with E-state index in [9.17, 15) is 0 Å². The summed E-state index contributed by atoms with van der Waals surface area (Å²) in [5.41, 5.74) is 3.85. The fourth-order valence-corrected chi connectivity index (χ4v) is 2.01. The summed E-state index contributed by atoms with van der Waals surface area (Å²) in [4.78, 5) is 2.29. The van der Waals surface area contributed by atoms with Crippen molar-refractivity contribution in [2.45, 2.75) is 33.2 Å². The second-order valence-corrected chi connectivity index (χ2v) is 4.95. The first-order valence-electron chi connectivity index (χ1n) is 6.26. The third-order valence-corrected chi connectivity index (χ3v) is 3.22. The minimum absolute atomic E-state index is 0.525. The van der Waals surface area contributed by atoms with Crippen LogP contribution >= 0.6 is 0 Å². The van der Waals surface area contributed by atoms with Crippen molar-refractivity contribution in [3.63, 3.8) is 0 Å². The highest BCUT2D eigenvalue weighted by atomic mass is 15.2. The van der Waals surface area contributed by atoms with Gasteiger partial charge in [0.2, 0.25) is 0 Å². The number of aromatic nitrogens is 2. The molecule has 0 unspecified atom stereocenters. The Morgan fingerprint density at radius 2 is 2.12 bits per heavy atom. The molecule has 0 atom stereocenters. The number of nitrogens with zero attached hydrogens (tertiary/aromatic N) is 3. The monoisotopic (exact) mass is 231 g/mol. The Hall–Kier alpha value is -1.35. The maximum absolute atomic E-state index is 4.43. The van der Waals surface area contributed by atoms with E-state index in [1.165, 1.54) is 16.6 Å². The molecular formula is C14H21N3. The number of hydrogen-bond donors (Lipinski definition) is 0. The van der Waals surface area contributed by atoms with Crippen molar-refractivity contribution in [3.05, 3.63) is 35.7 Å². The van der Waals surface area contributed by atoms with Crippen molar-refractivity contribution in [2.75, 3.05) is 13.6 Å². The lowest BCUT2D eigenvalue weighted by atomic mass is 10.1. The maximum Gasteiger partial charge on any atom is 0.0696 e. The lowest BCUT2D eigenvalue weighted by molar-refractivity contribution is 0.345. The van der Waals surface area contributed by atoms with E-state index < -0.39 is 0 Å². The first-order valence-corrected chi connectivity index (χ1v) is 6.26. The molecule has 0 saturated carbocycles. The second-order valence-electron chi connectivity index (χ2n) is 4.95. The Bertz CT molecular complexity index is 499. The van der Waals surface area contributed by atoms with Crippen molar-refractivity contribution in [3.8, 4) is 0 Å². The van der Waals surface area contributed by atoms with Gasteiger partial charge in [0.15, 0.2) is 0 Å². The second kappa shape index (κ2) is 4.88. The lowest BCUT2D eigenvalue weighted by Crippen LogP contribution is -2.16. The zero-order chi connectivity index (χ0) is 12.4. The summed E-state index contributed by atoms with van der Waals surface area (Å²) in [6.07, 6.45) is 4.11. The van der Waals surface area contributed by atoms with Crippen LogP contribution in [0.15, 0.2) is 24.5 Å². The van der Waals surface area contributed by atoms with Crippen molar-refractivity contribution < 1.29 is 0 Å². The van der Waals surface area contributed by atoms with Gasteiger partial charge < -0.3 is 4.90 Å². The predicted molar refractivity (Wildman–Crippen MR) is 71.3 cm³/mol. The molecule has 2 aromatic rings. The molecule has 0 aliphatic carbocycles. The molecule has 0 saturated heterocycles. The molecule has 92 valence electrons. The summed E-state index contributed by atoms with van der Waals surface area (Å²) in [5.74, 6) is 0.525. The first-order chi connectivity index (χ1) is 8.11. The fourth-order valence-electron chi connectivity index (χ4n) is 2.01. The van der Waals surface area contributed by atoms with E-state index in [4.69, 9.17) is 0 Å². The third kappa shape index (κ3) is 2.50. The van der Waals surface area contributed by atoms with Gasteiger partial charge in [-0.2, -0.15) is 5.10 Å². The van der Waals surface area contributed by atoms with Crippen molar-refractivity contribution in [1.82, 2.24) is 14.5 Å². The van der Waals surface area contributed by atoms with Crippen molar-refractivity contribution in [1.29, 1.82) is 0 Å². The van der Waals surface area contributed by atoms with Gasteiger partial charge in [-0.25, -0.2) is 4.52 Å². The highest BCUT2D eigenvalue weighted by Gasteiger charge is 2.08. The molecule has 0 radical (unpaired) electrons. The molecule has 0 aliphatic heterocycles.